The van der Waals surface area contributed by atoms with Gasteiger partial charge in [0.15, 0.2) is 0 Å². The molecule has 0 atom stereocenters. The predicted molar refractivity (Wildman–Crippen MR) is 109 cm³/mol. The maximum absolute atomic E-state index is 11.3. The fourth-order valence-electron chi connectivity index (χ4n) is 3.46. The van der Waals surface area contributed by atoms with Gasteiger partial charge in [-0.05, 0) is 37.5 Å². The van der Waals surface area contributed by atoms with E-state index in [4.69, 9.17) is 39.1 Å². The first kappa shape index (κ1) is 30.5. The van der Waals surface area contributed by atoms with Gasteiger partial charge in [-0.25, -0.2) is 9.13 Å². The second kappa shape index (κ2) is 12.4. The molecule has 0 saturated heterocycles. The quantitative estimate of drug-likeness (QED) is 0.103. The molecular formula is C12H30N2O14P4. The van der Waals surface area contributed by atoms with Gasteiger partial charge >= 0.3 is 30.8 Å². The predicted octanol–water partition coefficient (Wildman–Crippen LogP) is -0.199. The maximum Gasteiger partial charge on any atom is 0.470 e. The Morgan fingerprint density at radius 2 is 0.906 bits per heavy atom. The number of hydrogen-bond donors (Lipinski definition) is 8. The molecule has 1 aliphatic rings. The zero-order chi connectivity index (χ0) is 24.8. The summed E-state index contributed by atoms with van der Waals surface area (Å²) in [5.41, 5.74) is 0. The molecule has 0 aromatic rings. The lowest BCUT2D eigenvalue weighted by Gasteiger charge is -2.34. The second-order valence-electron chi connectivity index (χ2n) is 7.70. The van der Waals surface area contributed by atoms with Crippen molar-refractivity contribution in [3.63, 3.8) is 0 Å². The Kier molecular flexibility index (Phi) is 11.8. The molecule has 1 aliphatic carbocycles. The molecule has 20 heteroatoms. The SMILES string of the molecule is O=P(O)(O)CN(CC1CCC(CN(COP(=O)(O)O)COP(=O)(O)O)CC1)CP(=O)(O)O. The Labute approximate surface area is 184 Å². The van der Waals surface area contributed by atoms with E-state index in [1.165, 1.54) is 4.90 Å². The molecular weight excluding hydrogens is 520 g/mol. The van der Waals surface area contributed by atoms with Crippen LogP contribution in [-0.4, -0.2) is 88.1 Å². The molecule has 0 aromatic carbocycles. The second-order valence-corrected chi connectivity index (χ2v) is 13.4. The summed E-state index contributed by atoms with van der Waals surface area (Å²) < 4.78 is 53.1. The Bertz CT molecular complexity index is 716. The van der Waals surface area contributed by atoms with Crippen LogP contribution in [0.4, 0.5) is 0 Å². The summed E-state index contributed by atoms with van der Waals surface area (Å²) >= 11 is 0. The molecule has 32 heavy (non-hydrogen) atoms. The summed E-state index contributed by atoms with van der Waals surface area (Å²) in [4.78, 5) is 74.1. The number of hydrogen-bond acceptors (Lipinski definition) is 8. The summed E-state index contributed by atoms with van der Waals surface area (Å²) in [7, 11) is -18.7. The van der Waals surface area contributed by atoms with Gasteiger partial charge in [-0.1, -0.05) is 0 Å². The lowest BCUT2D eigenvalue weighted by Crippen LogP contribution is -2.37. The van der Waals surface area contributed by atoms with Gasteiger partial charge in [-0.2, -0.15) is 0 Å². The topological polar surface area (TPSA) is 255 Å². The third-order valence-electron chi connectivity index (χ3n) is 4.58. The van der Waals surface area contributed by atoms with Gasteiger partial charge < -0.3 is 39.1 Å². The van der Waals surface area contributed by atoms with Crippen molar-refractivity contribution in [3.05, 3.63) is 0 Å². The Morgan fingerprint density at radius 1 is 0.594 bits per heavy atom. The number of phosphoric ester groups is 2. The molecule has 8 N–H and O–H groups in total. The highest BCUT2D eigenvalue weighted by Gasteiger charge is 2.31. The summed E-state index contributed by atoms with van der Waals surface area (Å²) in [5, 5.41) is 0. The van der Waals surface area contributed by atoms with Crippen LogP contribution in [0.15, 0.2) is 0 Å². The third kappa shape index (κ3) is 16.1. The lowest BCUT2D eigenvalue weighted by molar-refractivity contribution is 0.00990. The fraction of sp³-hybridized carbons (Fsp3) is 1.00. The summed E-state index contributed by atoms with van der Waals surface area (Å²) in [6.45, 7) is -1.07. The van der Waals surface area contributed by atoms with Crippen LogP contribution in [0.5, 0.6) is 0 Å². The average Bonchev–Trinajstić information content (AvgIpc) is 2.54. The van der Waals surface area contributed by atoms with Crippen molar-refractivity contribution in [1.82, 2.24) is 9.80 Å². The third-order valence-corrected chi connectivity index (χ3v) is 7.03. The molecule has 0 aliphatic heterocycles. The van der Waals surface area contributed by atoms with Crippen LogP contribution in [0.2, 0.25) is 0 Å². The molecule has 0 bridgehead atoms. The zero-order valence-corrected chi connectivity index (χ0v) is 20.5. The lowest BCUT2D eigenvalue weighted by atomic mass is 9.81. The van der Waals surface area contributed by atoms with E-state index in [0.29, 0.717) is 25.7 Å². The first-order valence-electron chi connectivity index (χ1n) is 9.25. The molecule has 0 spiro atoms. The van der Waals surface area contributed by atoms with E-state index in [2.05, 4.69) is 9.05 Å². The minimum Gasteiger partial charge on any atom is -0.324 e. The van der Waals surface area contributed by atoms with Crippen molar-refractivity contribution >= 4 is 30.8 Å². The highest BCUT2D eigenvalue weighted by molar-refractivity contribution is 7.52. The van der Waals surface area contributed by atoms with Crippen molar-refractivity contribution in [3.8, 4) is 0 Å². The van der Waals surface area contributed by atoms with Crippen LogP contribution < -0.4 is 0 Å². The molecule has 0 aromatic heterocycles. The van der Waals surface area contributed by atoms with Crippen LogP contribution in [0.25, 0.3) is 0 Å². The number of phosphoric acid groups is 2. The average molecular weight is 550 g/mol. The normalized spacial score (nSPS) is 21.4. The first-order valence-corrected chi connectivity index (χ1v) is 15.9. The van der Waals surface area contributed by atoms with Crippen LogP contribution in [-0.2, 0) is 27.3 Å². The first-order chi connectivity index (χ1) is 14.3. The molecule has 0 amide bonds. The van der Waals surface area contributed by atoms with E-state index in [-0.39, 0.29) is 24.9 Å². The van der Waals surface area contributed by atoms with Crippen LogP contribution in [0.3, 0.4) is 0 Å². The Hall–Kier alpha value is 0.440. The molecule has 192 valence electrons. The number of rotatable bonds is 14. The minimum atomic E-state index is -4.82. The monoisotopic (exact) mass is 550 g/mol. The fourth-order valence-corrected chi connectivity index (χ4v) is 5.72. The van der Waals surface area contributed by atoms with E-state index < -0.39 is 56.9 Å². The van der Waals surface area contributed by atoms with Crippen LogP contribution in [0.1, 0.15) is 25.7 Å². The highest BCUT2D eigenvalue weighted by Crippen LogP contribution is 2.42. The smallest absolute Gasteiger partial charge is 0.324 e. The zero-order valence-electron chi connectivity index (χ0n) is 16.9. The van der Waals surface area contributed by atoms with Crippen molar-refractivity contribution < 1.29 is 66.5 Å². The molecule has 0 unspecified atom stereocenters. The molecule has 16 nitrogen and oxygen atoms in total. The minimum absolute atomic E-state index is 0.0648. The Balaban J connectivity index is 2.64. The highest BCUT2D eigenvalue weighted by atomic mass is 31.2. The molecule has 0 heterocycles. The summed E-state index contributed by atoms with van der Waals surface area (Å²) in [6.07, 6.45) is 0.599. The van der Waals surface area contributed by atoms with E-state index >= 15 is 0 Å². The maximum atomic E-state index is 11.3. The van der Waals surface area contributed by atoms with Gasteiger partial charge in [-0.15, -0.1) is 0 Å². The molecule has 1 saturated carbocycles. The molecule has 1 fully saturated rings. The van der Waals surface area contributed by atoms with Gasteiger partial charge in [0, 0.05) is 13.1 Å². The van der Waals surface area contributed by atoms with E-state index in [9.17, 15) is 18.3 Å². The van der Waals surface area contributed by atoms with Crippen molar-refractivity contribution in [2.75, 3.05) is 39.1 Å². The summed E-state index contributed by atoms with van der Waals surface area (Å²) in [6, 6.07) is 0. The number of nitrogens with zero attached hydrogens (tertiary/aromatic N) is 2. The van der Waals surface area contributed by atoms with Gasteiger partial charge in [0.25, 0.3) is 0 Å². The van der Waals surface area contributed by atoms with Crippen LogP contribution in [0, 0.1) is 11.8 Å². The van der Waals surface area contributed by atoms with Crippen LogP contribution >= 0.6 is 30.8 Å². The van der Waals surface area contributed by atoms with Crippen molar-refractivity contribution in [1.29, 1.82) is 0 Å². The summed E-state index contributed by atoms with van der Waals surface area (Å²) in [5.74, 6) is -0.167. The van der Waals surface area contributed by atoms with E-state index in [0.717, 1.165) is 4.90 Å². The molecule has 0 radical (unpaired) electrons. The van der Waals surface area contributed by atoms with Crippen molar-refractivity contribution in [2.24, 2.45) is 11.8 Å². The molecule has 1 rings (SSSR count). The van der Waals surface area contributed by atoms with Crippen molar-refractivity contribution in [2.45, 2.75) is 25.7 Å². The van der Waals surface area contributed by atoms with E-state index in [1.54, 1.807) is 0 Å². The standard InChI is InChI=1S/C12H30N2O14P4/c15-29(16,17)9-14(10-30(18,19)20)6-12-3-1-11(2-4-12)5-13(7-27-31(21,22)23)8-28-32(24,25)26/h11-12H,1-10H2,(H2,15,16,17)(H2,18,19,20)(H2,21,22,23)(H2,24,25,26). The van der Waals surface area contributed by atoms with Gasteiger partial charge in [-0.3, -0.25) is 28.0 Å². The largest absolute Gasteiger partial charge is 0.470 e. The van der Waals surface area contributed by atoms with E-state index in [1.807, 2.05) is 0 Å². The van der Waals surface area contributed by atoms with Gasteiger partial charge in [0.05, 0.1) is 0 Å². The van der Waals surface area contributed by atoms with Gasteiger partial charge in [0.2, 0.25) is 0 Å². The Morgan fingerprint density at radius 3 is 1.19 bits per heavy atom. The van der Waals surface area contributed by atoms with Gasteiger partial charge in [0.1, 0.15) is 26.0 Å².